The van der Waals surface area contributed by atoms with Crippen LogP contribution in [0.3, 0.4) is 0 Å². The number of aryl methyl sites for hydroxylation is 1. The van der Waals surface area contributed by atoms with E-state index in [1.807, 2.05) is 31.2 Å². The van der Waals surface area contributed by atoms with Gasteiger partial charge in [0.15, 0.2) is 5.65 Å². The minimum atomic E-state index is 0.479. The van der Waals surface area contributed by atoms with Gasteiger partial charge in [-0.3, -0.25) is 14.4 Å². The number of anilines is 1. The summed E-state index contributed by atoms with van der Waals surface area (Å²) >= 11 is 0. The van der Waals surface area contributed by atoms with E-state index in [4.69, 9.17) is 22.1 Å². The first-order valence-corrected chi connectivity index (χ1v) is 11.2. The van der Waals surface area contributed by atoms with Gasteiger partial charge in [0.2, 0.25) is 0 Å². The van der Waals surface area contributed by atoms with Crippen LogP contribution >= 0.6 is 0 Å². The molecule has 4 aromatic rings. The minimum absolute atomic E-state index is 0.479. The fourth-order valence-corrected chi connectivity index (χ4v) is 4.39. The first kappa shape index (κ1) is 21.1. The van der Waals surface area contributed by atoms with E-state index in [2.05, 4.69) is 49.5 Å². The van der Waals surface area contributed by atoms with Crippen LogP contribution in [0.2, 0.25) is 0 Å². The van der Waals surface area contributed by atoms with Gasteiger partial charge < -0.3 is 5.73 Å². The summed E-state index contributed by atoms with van der Waals surface area (Å²) in [5, 5.41) is 0. The maximum Gasteiger partial charge on any atom is 0.165 e. The molecule has 166 valence electrons. The van der Waals surface area contributed by atoms with Crippen molar-refractivity contribution in [1.29, 1.82) is 0 Å². The van der Waals surface area contributed by atoms with Crippen LogP contribution in [-0.4, -0.2) is 62.0 Å². The molecule has 0 saturated carbocycles. The second kappa shape index (κ2) is 9.02. The van der Waals surface area contributed by atoms with Gasteiger partial charge in [-0.15, -0.1) is 6.42 Å². The quantitative estimate of drug-likeness (QED) is 0.484. The SMILES string of the molecule is C#CCN1CCN(Cc2ccc(-n3c(C)nc4ccc(-c5ccnc(N)c5)nc43)cc2)CC1. The zero-order chi connectivity index (χ0) is 22.8. The van der Waals surface area contributed by atoms with Crippen molar-refractivity contribution in [1.82, 2.24) is 29.3 Å². The Balaban J connectivity index is 1.38. The van der Waals surface area contributed by atoms with Crippen molar-refractivity contribution in [3.05, 3.63) is 66.1 Å². The van der Waals surface area contributed by atoms with E-state index in [-0.39, 0.29) is 0 Å². The van der Waals surface area contributed by atoms with E-state index in [1.165, 1.54) is 5.56 Å². The van der Waals surface area contributed by atoms with Crippen molar-refractivity contribution in [2.24, 2.45) is 0 Å². The molecular formula is C26H27N7. The van der Waals surface area contributed by atoms with Gasteiger partial charge >= 0.3 is 0 Å². The number of aromatic nitrogens is 4. The van der Waals surface area contributed by atoms with E-state index in [9.17, 15) is 0 Å². The monoisotopic (exact) mass is 437 g/mol. The van der Waals surface area contributed by atoms with Gasteiger partial charge in [0.05, 0.1) is 12.2 Å². The maximum atomic E-state index is 5.87. The number of fused-ring (bicyclic) bond motifs is 1. The molecule has 0 atom stereocenters. The van der Waals surface area contributed by atoms with Crippen LogP contribution < -0.4 is 5.73 Å². The molecule has 1 aliphatic heterocycles. The molecule has 3 aromatic heterocycles. The lowest BCUT2D eigenvalue weighted by molar-refractivity contribution is 0.138. The van der Waals surface area contributed by atoms with Gasteiger partial charge in [0.25, 0.3) is 0 Å². The van der Waals surface area contributed by atoms with Crippen LogP contribution in [0.4, 0.5) is 5.82 Å². The summed E-state index contributed by atoms with van der Waals surface area (Å²) in [7, 11) is 0. The summed E-state index contributed by atoms with van der Waals surface area (Å²) in [6.07, 6.45) is 7.14. The number of pyridine rings is 2. The fraction of sp³-hybridized carbons (Fsp3) is 0.269. The first-order valence-electron chi connectivity index (χ1n) is 11.2. The topological polar surface area (TPSA) is 76.1 Å². The molecule has 0 aliphatic carbocycles. The zero-order valence-electron chi connectivity index (χ0n) is 18.8. The number of piperazine rings is 1. The third-order valence-electron chi connectivity index (χ3n) is 6.13. The normalized spacial score (nSPS) is 15.0. The lowest BCUT2D eigenvalue weighted by atomic mass is 10.1. The third-order valence-corrected chi connectivity index (χ3v) is 6.13. The highest BCUT2D eigenvalue weighted by Gasteiger charge is 2.17. The van der Waals surface area contributed by atoms with E-state index in [0.717, 1.165) is 73.2 Å². The zero-order valence-corrected chi connectivity index (χ0v) is 18.8. The first-order chi connectivity index (χ1) is 16.1. The van der Waals surface area contributed by atoms with Crippen molar-refractivity contribution in [3.63, 3.8) is 0 Å². The Morgan fingerprint density at radius 3 is 2.45 bits per heavy atom. The Morgan fingerprint density at radius 2 is 1.73 bits per heavy atom. The van der Waals surface area contributed by atoms with Gasteiger partial charge in [-0.25, -0.2) is 15.0 Å². The number of terminal acetylenes is 1. The lowest BCUT2D eigenvalue weighted by Gasteiger charge is -2.33. The molecule has 1 fully saturated rings. The smallest absolute Gasteiger partial charge is 0.165 e. The highest BCUT2D eigenvalue weighted by Crippen LogP contribution is 2.25. The molecule has 0 unspecified atom stereocenters. The molecular weight excluding hydrogens is 410 g/mol. The number of hydrogen-bond donors (Lipinski definition) is 1. The molecule has 0 radical (unpaired) electrons. The van der Waals surface area contributed by atoms with Crippen LogP contribution in [0.25, 0.3) is 28.1 Å². The average Bonchev–Trinajstić information content (AvgIpc) is 3.16. The molecule has 4 heterocycles. The summed E-state index contributed by atoms with van der Waals surface area (Å²) in [5.74, 6) is 4.12. The molecule has 1 aromatic carbocycles. The van der Waals surface area contributed by atoms with Crippen molar-refractivity contribution >= 4 is 17.0 Å². The summed E-state index contributed by atoms with van der Waals surface area (Å²) < 4.78 is 2.10. The fourth-order valence-electron chi connectivity index (χ4n) is 4.39. The number of benzene rings is 1. The Kier molecular flexibility index (Phi) is 5.78. The summed E-state index contributed by atoms with van der Waals surface area (Å²) in [6.45, 7) is 7.83. The van der Waals surface area contributed by atoms with E-state index >= 15 is 0 Å². The summed E-state index contributed by atoms with van der Waals surface area (Å²) in [6, 6.07) is 16.4. The molecule has 33 heavy (non-hydrogen) atoms. The molecule has 7 heteroatoms. The Hall–Kier alpha value is -3.73. The molecule has 1 aliphatic rings. The summed E-state index contributed by atoms with van der Waals surface area (Å²) in [5.41, 5.74) is 11.7. The molecule has 2 N–H and O–H groups in total. The van der Waals surface area contributed by atoms with E-state index in [0.29, 0.717) is 5.82 Å². The number of hydrogen-bond acceptors (Lipinski definition) is 6. The highest BCUT2D eigenvalue weighted by molar-refractivity contribution is 5.78. The van der Waals surface area contributed by atoms with Crippen molar-refractivity contribution in [2.75, 3.05) is 38.5 Å². The second-order valence-electron chi connectivity index (χ2n) is 8.43. The third kappa shape index (κ3) is 4.44. The van der Waals surface area contributed by atoms with Crippen LogP contribution in [-0.2, 0) is 6.54 Å². The van der Waals surface area contributed by atoms with Gasteiger partial charge in [-0.05, 0) is 48.9 Å². The van der Waals surface area contributed by atoms with Gasteiger partial charge in [-0.1, -0.05) is 18.1 Å². The lowest BCUT2D eigenvalue weighted by Crippen LogP contribution is -2.45. The van der Waals surface area contributed by atoms with Crippen molar-refractivity contribution in [2.45, 2.75) is 13.5 Å². The van der Waals surface area contributed by atoms with Gasteiger partial charge in [0, 0.05) is 50.2 Å². The number of nitrogen functional groups attached to an aromatic ring is 1. The van der Waals surface area contributed by atoms with Crippen LogP contribution in [0.5, 0.6) is 0 Å². The van der Waals surface area contributed by atoms with Crippen molar-refractivity contribution < 1.29 is 0 Å². The minimum Gasteiger partial charge on any atom is -0.384 e. The molecule has 0 bridgehead atoms. The number of rotatable bonds is 5. The Labute approximate surface area is 193 Å². The predicted octanol–water partition coefficient (Wildman–Crippen LogP) is 3.12. The molecule has 0 spiro atoms. The maximum absolute atomic E-state index is 5.87. The number of nitrogens with two attached hydrogens (primary N) is 1. The Morgan fingerprint density at radius 1 is 0.970 bits per heavy atom. The standard InChI is InChI=1S/C26H27N7/c1-3-12-31-13-15-32(16-14-31)18-20-4-6-22(7-5-20)33-19(2)29-24-9-8-23(30-26(24)33)21-10-11-28-25(27)17-21/h1,4-11,17H,12-16,18H2,2H3,(H2,27,28). The van der Waals surface area contributed by atoms with Crippen LogP contribution in [0.15, 0.2) is 54.7 Å². The Bertz CT molecular complexity index is 1310. The number of imidazole rings is 1. The van der Waals surface area contributed by atoms with Gasteiger partial charge in [-0.2, -0.15) is 0 Å². The van der Waals surface area contributed by atoms with Crippen LogP contribution in [0, 0.1) is 19.3 Å². The summed E-state index contributed by atoms with van der Waals surface area (Å²) in [4.78, 5) is 18.5. The highest BCUT2D eigenvalue weighted by atomic mass is 15.3. The second-order valence-corrected chi connectivity index (χ2v) is 8.43. The van der Waals surface area contributed by atoms with Crippen molar-refractivity contribution in [3.8, 4) is 29.3 Å². The molecule has 5 rings (SSSR count). The molecule has 1 saturated heterocycles. The van der Waals surface area contributed by atoms with E-state index < -0.39 is 0 Å². The average molecular weight is 438 g/mol. The number of nitrogens with zero attached hydrogens (tertiary/aromatic N) is 6. The molecule has 7 nitrogen and oxygen atoms in total. The van der Waals surface area contributed by atoms with Crippen LogP contribution in [0.1, 0.15) is 11.4 Å². The van der Waals surface area contributed by atoms with E-state index in [1.54, 1.807) is 6.20 Å². The predicted molar refractivity (Wildman–Crippen MR) is 132 cm³/mol. The van der Waals surface area contributed by atoms with Gasteiger partial charge in [0.1, 0.15) is 17.2 Å². The molecule has 0 amide bonds. The largest absolute Gasteiger partial charge is 0.384 e.